The molecule has 0 radical (unpaired) electrons. The third-order valence-electron chi connectivity index (χ3n) is 4.98. The number of hydrogen-bond donors (Lipinski definition) is 1. The standard InChI is InChI=1S/C23H23N3/c1-2-3-5-12-19(18(15-24)16-25)22-20-13-8-9-14-21(20)26-23(22)17-10-6-4-7-11-17/h4,6-11,13-14,18-19,26H,2-3,5,12H2,1H3. The molecule has 3 aromatic rings. The van der Waals surface area contributed by atoms with E-state index in [0.717, 1.165) is 53.4 Å². The van der Waals surface area contributed by atoms with Gasteiger partial charge in [0, 0.05) is 16.8 Å². The summed E-state index contributed by atoms with van der Waals surface area (Å²) in [5.41, 5.74) is 4.28. The Morgan fingerprint density at radius 2 is 1.62 bits per heavy atom. The van der Waals surface area contributed by atoms with E-state index < -0.39 is 5.92 Å². The van der Waals surface area contributed by atoms with E-state index in [9.17, 15) is 10.5 Å². The second-order valence-electron chi connectivity index (χ2n) is 6.66. The molecule has 0 amide bonds. The molecule has 26 heavy (non-hydrogen) atoms. The first-order valence-electron chi connectivity index (χ1n) is 9.25. The first-order valence-corrected chi connectivity index (χ1v) is 9.25. The lowest BCUT2D eigenvalue weighted by atomic mass is 9.81. The van der Waals surface area contributed by atoms with Gasteiger partial charge in [0.2, 0.25) is 0 Å². The highest BCUT2D eigenvalue weighted by Crippen LogP contribution is 2.41. The summed E-state index contributed by atoms with van der Waals surface area (Å²) < 4.78 is 0. The van der Waals surface area contributed by atoms with E-state index in [1.54, 1.807) is 0 Å². The van der Waals surface area contributed by atoms with Crippen molar-refractivity contribution in [3.63, 3.8) is 0 Å². The number of unbranched alkanes of at least 4 members (excludes halogenated alkanes) is 2. The summed E-state index contributed by atoms with van der Waals surface area (Å²) in [7, 11) is 0. The van der Waals surface area contributed by atoms with Gasteiger partial charge < -0.3 is 4.98 Å². The lowest BCUT2D eigenvalue weighted by molar-refractivity contribution is 0.526. The van der Waals surface area contributed by atoms with Crippen LogP contribution >= 0.6 is 0 Å². The Labute approximate surface area is 154 Å². The molecule has 0 bridgehead atoms. The van der Waals surface area contributed by atoms with Crippen molar-refractivity contribution in [3.05, 3.63) is 60.2 Å². The summed E-state index contributed by atoms with van der Waals surface area (Å²) in [6, 6.07) is 22.8. The molecule has 0 fully saturated rings. The average molecular weight is 341 g/mol. The Hall–Kier alpha value is -3.04. The molecule has 1 aromatic heterocycles. The van der Waals surface area contributed by atoms with E-state index in [1.807, 2.05) is 30.3 Å². The SMILES string of the molecule is CCCCCC(c1c(-c2ccccc2)[nH]c2ccccc12)C(C#N)C#N. The minimum atomic E-state index is -0.645. The minimum absolute atomic E-state index is 0.0945. The first-order chi connectivity index (χ1) is 12.8. The van der Waals surface area contributed by atoms with Gasteiger partial charge in [-0.05, 0) is 23.6 Å². The Morgan fingerprint density at radius 1 is 0.923 bits per heavy atom. The normalized spacial score (nSPS) is 12.0. The molecule has 0 saturated heterocycles. The topological polar surface area (TPSA) is 63.4 Å². The molecule has 0 aliphatic rings. The van der Waals surface area contributed by atoms with Crippen molar-refractivity contribution in [2.75, 3.05) is 0 Å². The number of fused-ring (bicyclic) bond motifs is 1. The molecule has 0 spiro atoms. The first kappa shape index (κ1) is 17.8. The molecule has 1 N–H and O–H groups in total. The second-order valence-corrected chi connectivity index (χ2v) is 6.66. The molecule has 1 heterocycles. The van der Waals surface area contributed by atoms with Crippen molar-refractivity contribution in [2.24, 2.45) is 5.92 Å². The number of rotatable bonds is 7. The summed E-state index contributed by atoms with van der Waals surface area (Å²) in [6.45, 7) is 2.17. The molecule has 0 aliphatic carbocycles. The lowest BCUT2D eigenvalue weighted by Gasteiger charge is -2.19. The zero-order chi connectivity index (χ0) is 18.4. The Kier molecular flexibility index (Phi) is 5.72. The highest BCUT2D eigenvalue weighted by Gasteiger charge is 2.28. The Balaban J connectivity index is 2.19. The van der Waals surface area contributed by atoms with Crippen molar-refractivity contribution < 1.29 is 0 Å². The summed E-state index contributed by atoms with van der Waals surface area (Å²) in [6.07, 6.45) is 4.11. The van der Waals surface area contributed by atoms with E-state index in [-0.39, 0.29) is 5.92 Å². The number of hydrogen-bond acceptors (Lipinski definition) is 2. The minimum Gasteiger partial charge on any atom is -0.354 e. The zero-order valence-electron chi connectivity index (χ0n) is 15.1. The van der Waals surface area contributed by atoms with Crippen molar-refractivity contribution in [1.82, 2.24) is 4.98 Å². The largest absolute Gasteiger partial charge is 0.354 e. The van der Waals surface area contributed by atoms with Crippen molar-refractivity contribution >= 4 is 10.9 Å². The molecule has 1 unspecified atom stereocenters. The van der Waals surface area contributed by atoms with Gasteiger partial charge in [-0.1, -0.05) is 74.7 Å². The molecular formula is C23H23N3. The van der Waals surface area contributed by atoms with Crippen LogP contribution in [0.5, 0.6) is 0 Å². The summed E-state index contributed by atoms with van der Waals surface area (Å²) in [5, 5.41) is 20.3. The van der Waals surface area contributed by atoms with Crippen LogP contribution in [-0.4, -0.2) is 4.98 Å². The van der Waals surface area contributed by atoms with Gasteiger partial charge in [0.1, 0.15) is 5.92 Å². The fourth-order valence-corrected chi connectivity index (χ4v) is 3.68. The molecule has 130 valence electrons. The molecular weight excluding hydrogens is 318 g/mol. The average Bonchev–Trinajstić information content (AvgIpc) is 3.08. The van der Waals surface area contributed by atoms with Crippen LogP contribution in [0, 0.1) is 28.6 Å². The van der Waals surface area contributed by atoms with Crippen LogP contribution in [0.2, 0.25) is 0 Å². The third kappa shape index (κ3) is 3.48. The van der Waals surface area contributed by atoms with E-state index in [2.05, 4.69) is 48.3 Å². The van der Waals surface area contributed by atoms with E-state index in [1.165, 1.54) is 0 Å². The molecule has 0 aliphatic heterocycles. The number of nitrogens with one attached hydrogen (secondary N) is 1. The van der Waals surface area contributed by atoms with Gasteiger partial charge in [-0.15, -0.1) is 0 Å². The second kappa shape index (κ2) is 8.37. The van der Waals surface area contributed by atoms with Gasteiger partial charge in [-0.2, -0.15) is 10.5 Å². The fraction of sp³-hybridized carbons (Fsp3) is 0.304. The van der Waals surface area contributed by atoms with Crippen LogP contribution in [-0.2, 0) is 0 Å². The molecule has 1 atom stereocenters. The van der Waals surface area contributed by atoms with Gasteiger partial charge in [0.05, 0.1) is 17.8 Å². The zero-order valence-corrected chi connectivity index (χ0v) is 15.1. The van der Waals surface area contributed by atoms with E-state index in [0.29, 0.717) is 0 Å². The van der Waals surface area contributed by atoms with Crippen LogP contribution in [0.1, 0.15) is 44.1 Å². The van der Waals surface area contributed by atoms with Crippen LogP contribution in [0.25, 0.3) is 22.2 Å². The number of benzene rings is 2. The van der Waals surface area contributed by atoms with Gasteiger partial charge in [-0.3, -0.25) is 0 Å². The van der Waals surface area contributed by atoms with Gasteiger partial charge in [0.25, 0.3) is 0 Å². The van der Waals surface area contributed by atoms with Gasteiger partial charge in [0.15, 0.2) is 0 Å². The van der Waals surface area contributed by atoms with Crippen molar-refractivity contribution in [1.29, 1.82) is 10.5 Å². The van der Waals surface area contributed by atoms with Crippen LogP contribution in [0.3, 0.4) is 0 Å². The number of aromatic nitrogens is 1. The van der Waals surface area contributed by atoms with Crippen LogP contribution < -0.4 is 0 Å². The lowest BCUT2D eigenvalue weighted by Crippen LogP contribution is -2.11. The smallest absolute Gasteiger partial charge is 0.140 e. The number of H-pyrrole nitrogens is 1. The van der Waals surface area contributed by atoms with Crippen LogP contribution in [0.4, 0.5) is 0 Å². The van der Waals surface area contributed by atoms with Crippen molar-refractivity contribution in [2.45, 2.75) is 38.5 Å². The molecule has 3 heteroatoms. The number of nitrogens with zero attached hydrogens (tertiary/aromatic N) is 2. The highest BCUT2D eigenvalue weighted by molar-refractivity contribution is 5.91. The monoisotopic (exact) mass is 341 g/mol. The third-order valence-corrected chi connectivity index (χ3v) is 4.98. The predicted octanol–water partition coefficient (Wildman–Crippen LogP) is 6.16. The van der Waals surface area contributed by atoms with E-state index >= 15 is 0 Å². The molecule has 0 saturated carbocycles. The fourth-order valence-electron chi connectivity index (χ4n) is 3.68. The highest BCUT2D eigenvalue weighted by atomic mass is 14.7. The number of aromatic amines is 1. The Morgan fingerprint density at radius 3 is 2.31 bits per heavy atom. The number of nitriles is 2. The van der Waals surface area contributed by atoms with Gasteiger partial charge >= 0.3 is 0 Å². The van der Waals surface area contributed by atoms with Crippen molar-refractivity contribution in [3.8, 4) is 23.4 Å². The van der Waals surface area contributed by atoms with Crippen LogP contribution in [0.15, 0.2) is 54.6 Å². The summed E-state index contributed by atoms with van der Waals surface area (Å²) >= 11 is 0. The molecule has 3 rings (SSSR count). The summed E-state index contributed by atoms with van der Waals surface area (Å²) in [5.74, 6) is -0.739. The maximum absolute atomic E-state index is 9.60. The van der Waals surface area contributed by atoms with E-state index in [4.69, 9.17) is 0 Å². The summed E-state index contributed by atoms with van der Waals surface area (Å²) in [4.78, 5) is 3.54. The number of para-hydroxylation sites is 1. The molecule has 3 nitrogen and oxygen atoms in total. The quantitative estimate of drug-likeness (QED) is 0.523. The molecule has 2 aromatic carbocycles. The van der Waals surface area contributed by atoms with Gasteiger partial charge in [-0.25, -0.2) is 0 Å². The Bertz CT molecular complexity index is 927. The maximum atomic E-state index is 9.60. The predicted molar refractivity (Wildman–Crippen MR) is 105 cm³/mol. The maximum Gasteiger partial charge on any atom is 0.140 e.